The van der Waals surface area contributed by atoms with Crippen LogP contribution in [-0.2, 0) is 19.4 Å². The minimum Gasteiger partial charge on any atom is -0.386 e. The van der Waals surface area contributed by atoms with Crippen LogP contribution in [0.25, 0.3) is 10.2 Å². The summed E-state index contributed by atoms with van der Waals surface area (Å²) < 4.78 is 1.49. The molecule has 1 unspecified atom stereocenters. The molecule has 0 spiro atoms. The normalized spacial score (nSPS) is 15.0. The number of hydrogen-bond acceptors (Lipinski definition) is 4. The van der Waals surface area contributed by atoms with Gasteiger partial charge in [0.25, 0.3) is 5.56 Å². The van der Waals surface area contributed by atoms with Crippen LogP contribution in [0.15, 0.2) is 35.4 Å². The molecule has 1 aliphatic carbocycles. The summed E-state index contributed by atoms with van der Waals surface area (Å²) >= 11 is 7.74. The molecule has 0 bridgehead atoms. The SMILES string of the molecule is O=c1c2c3c(sc2ncn1CC(O)c1ccccc1Cl)CCC3. The van der Waals surface area contributed by atoms with E-state index in [1.165, 1.54) is 15.8 Å². The van der Waals surface area contributed by atoms with E-state index in [0.717, 1.165) is 35.0 Å². The Morgan fingerprint density at radius 3 is 3.00 bits per heavy atom. The van der Waals surface area contributed by atoms with Gasteiger partial charge in [-0.05, 0) is 30.9 Å². The van der Waals surface area contributed by atoms with Gasteiger partial charge in [-0.2, -0.15) is 0 Å². The Balaban J connectivity index is 1.74. The molecule has 118 valence electrons. The van der Waals surface area contributed by atoms with Crippen LogP contribution in [-0.4, -0.2) is 14.7 Å². The molecule has 0 aliphatic heterocycles. The van der Waals surface area contributed by atoms with Crippen LogP contribution >= 0.6 is 22.9 Å². The molecule has 0 amide bonds. The molecule has 1 aromatic carbocycles. The lowest BCUT2D eigenvalue weighted by atomic mass is 10.1. The number of fused-ring (bicyclic) bond motifs is 3. The molecule has 4 rings (SSSR count). The second kappa shape index (κ2) is 5.74. The maximum absolute atomic E-state index is 12.8. The Kier molecular flexibility index (Phi) is 3.71. The van der Waals surface area contributed by atoms with Crippen molar-refractivity contribution in [1.82, 2.24) is 9.55 Å². The van der Waals surface area contributed by atoms with E-state index in [1.807, 2.05) is 12.1 Å². The Morgan fingerprint density at radius 2 is 2.17 bits per heavy atom. The predicted molar refractivity (Wildman–Crippen MR) is 92.3 cm³/mol. The van der Waals surface area contributed by atoms with Gasteiger partial charge in [0.2, 0.25) is 0 Å². The Hall–Kier alpha value is -1.69. The lowest BCUT2D eigenvalue weighted by Crippen LogP contribution is -2.24. The molecule has 1 atom stereocenters. The topological polar surface area (TPSA) is 55.1 Å². The second-order valence-corrected chi connectivity index (χ2v) is 7.27. The number of thiophene rings is 1. The first kappa shape index (κ1) is 14.9. The van der Waals surface area contributed by atoms with Gasteiger partial charge in [0.15, 0.2) is 0 Å². The van der Waals surface area contributed by atoms with Gasteiger partial charge in [0, 0.05) is 15.5 Å². The highest BCUT2D eigenvalue weighted by Gasteiger charge is 2.22. The zero-order valence-electron chi connectivity index (χ0n) is 12.3. The summed E-state index contributed by atoms with van der Waals surface area (Å²) in [4.78, 5) is 19.3. The molecule has 2 heterocycles. The van der Waals surface area contributed by atoms with E-state index < -0.39 is 6.10 Å². The summed E-state index contributed by atoms with van der Waals surface area (Å²) in [5.41, 5.74) is 1.71. The summed E-state index contributed by atoms with van der Waals surface area (Å²) in [5, 5.41) is 11.7. The Bertz CT molecular complexity index is 947. The van der Waals surface area contributed by atoms with E-state index in [-0.39, 0.29) is 12.1 Å². The fraction of sp³-hybridized carbons (Fsp3) is 0.294. The molecule has 0 fully saturated rings. The Labute approximate surface area is 142 Å². The molecular formula is C17H15ClN2O2S. The standard InChI is InChI=1S/C17H15ClN2O2S/c18-12-6-2-1-4-10(12)13(21)8-20-9-19-16-15(17(20)22)11-5-3-7-14(11)23-16/h1-2,4,6,9,13,21H,3,5,7-8H2. The number of rotatable bonds is 3. The third kappa shape index (κ3) is 2.49. The fourth-order valence-corrected chi connectivity index (χ4v) is 4.66. The fourth-order valence-electron chi connectivity index (χ4n) is 3.18. The van der Waals surface area contributed by atoms with E-state index in [1.54, 1.807) is 23.5 Å². The van der Waals surface area contributed by atoms with Crippen LogP contribution in [0.3, 0.4) is 0 Å². The maximum Gasteiger partial charge on any atom is 0.262 e. The van der Waals surface area contributed by atoms with Crippen molar-refractivity contribution < 1.29 is 5.11 Å². The summed E-state index contributed by atoms with van der Waals surface area (Å²) in [6.45, 7) is 0.149. The summed E-state index contributed by atoms with van der Waals surface area (Å²) in [6.07, 6.45) is 3.78. The molecule has 0 saturated heterocycles. The summed E-state index contributed by atoms with van der Waals surface area (Å²) in [6, 6.07) is 7.13. The maximum atomic E-state index is 12.8. The van der Waals surface area contributed by atoms with E-state index in [2.05, 4.69) is 4.98 Å². The van der Waals surface area contributed by atoms with Crippen molar-refractivity contribution in [2.24, 2.45) is 0 Å². The van der Waals surface area contributed by atoms with Crippen LogP contribution in [0.2, 0.25) is 5.02 Å². The van der Waals surface area contributed by atoms with Crippen molar-refractivity contribution >= 4 is 33.2 Å². The quantitative estimate of drug-likeness (QED) is 0.791. The lowest BCUT2D eigenvalue weighted by Gasteiger charge is -2.14. The number of aryl methyl sites for hydroxylation is 2. The van der Waals surface area contributed by atoms with Gasteiger partial charge in [-0.15, -0.1) is 11.3 Å². The first-order valence-corrected chi connectivity index (χ1v) is 8.77. The highest BCUT2D eigenvalue weighted by Crippen LogP contribution is 2.34. The largest absolute Gasteiger partial charge is 0.386 e. The van der Waals surface area contributed by atoms with Crippen LogP contribution in [0.1, 0.15) is 28.5 Å². The Morgan fingerprint density at radius 1 is 1.35 bits per heavy atom. The zero-order chi connectivity index (χ0) is 16.0. The average molecular weight is 347 g/mol. The molecular weight excluding hydrogens is 332 g/mol. The highest BCUT2D eigenvalue weighted by molar-refractivity contribution is 7.18. The number of halogens is 1. The molecule has 0 saturated carbocycles. The molecule has 4 nitrogen and oxygen atoms in total. The smallest absolute Gasteiger partial charge is 0.262 e. The minimum atomic E-state index is -0.840. The molecule has 1 N–H and O–H groups in total. The summed E-state index contributed by atoms with van der Waals surface area (Å²) in [7, 11) is 0. The third-order valence-electron chi connectivity index (χ3n) is 4.33. The van der Waals surface area contributed by atoms with E-state index in [9.17, 15) is 9.90 Å². The monoisotopic (exact) mass is 346 g/mol. The van der Waals surface area contributed by atoms with Gasteiger partial charge in [0.05, 0.1) is 24.4 Å². The number of aliphatic hydroxyl groups excluding tert-OH is 1. The molecule has 0 radical (unpaired) electrons. The van der Waals surface area contributed by atoms with Gasteiger partial charge < -0.3 is 5.11 Å². The number of aliphatic hydroxyl groups is 1. The van der Waals surface area contributed by atoms with Gasteiger partial charge in [-0.25, -0.2) is 4.98 Å². The molecule has 3 aromatic rings. The van der Waals surface area contributed by atoms with Crippen LogP contribution in [0.5, 0.6) is 0 Å². The number of hydrogen-bond donors (Lipinski definition) is 1. The molecule has 2 aromatic heterocycles. The first-order chi connectivity index (χ1) is 11.1. The van der Waals surface area contributed by atoms with Gasteiger partial charge >= 0.3 is 0 Å². The third-order valence-corrected chi connectivity index (χ3v) is 5.87. The number of nitrogens with zero attached hydrogens (tertiary/aromatic N) is 2. The minimum absolute atomic E-state index is 0.0690. The molecule has 23 heavy (non-hydrogen) atoms. The van der Waals surface area contributed by atoms with Crippen LogP contribution in [0.4, 0.5) is 0 Å². The van der Waals surface area contributed by atoms with Crippen molar-refractivity contribution in [2.75, 3.05) is 0 Å². The van der Waals surface area contributed by atoms with Gasteiger partial charge in [0.1, 0.15) is 4.83 Å². The van der Waals surface area contributed by atoms with Crippen LogP contribution < -0.4 is 5.56 Å². The van der Waals surface area contributed by atoms with Crippen molar-refractivity contribution in [3.8, 4) is 0 Å². The van der Waals surface area contributed by atoms with Crippen molar-refractivity contribution in [2.45, 2.75) is 31.9 Å². The van der Waals surface area contributed by atoms with Gasteiger partial charge in [-0.1, -0.05) is 29.8 Å². The zero-order valence-corrected chi connectivity index (χ0v) is 13.9. The predicted octanol–water partition coefficient (Wildman–Crippen LogP) is 3.33. The van der Waals surface area contributed by atoms with Crippen LogP contribution in [0, 0.1) is 0 Å². The van der Waals surface area contributed by atoms with Gasteiger partial charge in [-0.3, -0.25) is 9.36 Å². The highest BCUT2D eigenvalue weighted by atomic mass is 35.5. The van der Waals surface area contributed by atoms with Crippen molar-refractivity contribution in [3.63, 3.8) is 0 Å². The number of benzene rings is 1. The molecule has 1 aliphatic rings. The van der Waals surface area contributed by atoms with Crippen molar-refractivity contribution in [1.29, 1.82) is 0 Å². The van der Waals surface area contributed by atoms with E-state index in [4.69, 9.17) is 11.6 Å². The average Bonchev–Trinajstić information content (AvgIpc) is 3.11. The second-order valence-electron chi connectivity index (χ2n) is 5.78. The summed E-state index contributed by atoms with van der Waals surface area (Å²) in [5.74, 6) is 0. The first-order valence-electron chi connectivity index (χ1n) is 7.57. The van der Waals surface area contributed by atoms with Crippen molar-refractivity contribution in [3.05, 3.63) is 62.0 Å². The number of aromatic nitrogens is 2. The lowest BCUT2D eigenvalue weighted by molar-refractivity contribution is 0.155. The van der Waals surface area contributed by atoms with E-state index in [0.29, 0.717) is 10.6 Å². The van der Waals surface area contributed by atoms with E-state index >= 15 is 0 Å². The molecule has 6 heteroatoms.